The molecular formula is C11H17BrN2OS. The van der Waals surface area contributed by atoms with E-state index < -0.39 is 0 Å². The maximum atomic E-state index is 5.21. The fourth-order valence-electron chi connectivity index (χ4n) is 1.42. The molecule has 0 atom stereocenters. The fraction of sp³-hybridized carbons (Fsp3) is 0.636. The van der Waals surface area contributed by atoms with Crippen molar-refractivity contribution in [2.75, 3.05) is 13.7 Å². The van der Waals surface area contributed by atoms with Gasteiger partial charge in [0.05, 0.1) is 11.1 Å². The highest BCUT2D eigenvalue weighted by molar-refractivity contribution is 9.10. The van der Waals surface area contributed by atoms with E-state index in [1.807, 2.05) is 0 Å². The van der Waals surface area contributed by atoms with Gasteiger partial charge in [-0.2, -0.15) is 0 Å². The molecule has 0 saturated carbocycles. The number of H-pyrrole nitrogens is 1. The van der Waals surface area contributed by atoms with Crippen molar-refractivity contribution >= 4 is 28.1 Å². The number of aromatic amines is 1. The summed E-state index contributed by atoms with van der Waals surface area (Å²) in [7, 11) is 1.68. The average Bonchev–Trinajstić information content (AvgIpc) is 2.21. The predicted octanol–water partition coefficient (Wildman–Crippen LogP) is 3.29. The van der Waals surface area contributed by atoms with Gasteiger partial charge in [-0.3, -0.25) is 0 Å². The number of halogens is 1. The van der Waals surface area contributed by atoms with E-state index in [4.69, 9.17) is 17.0 Å². The van der Waals surface area contributed by atoms with E-state index in [9.17, 15) is 0 Å². The van der Waals surface area contributed by atoms with Gasteiger partial charge in [-0.15, -0.1) is 0 Å². The Morgan fingerprint density at radius 3 is 2.75 bits per heavy atom. The summed E-state index contributed by atoms with van der Waals surface area (Å²) >= 11 is 8.69. The molecule has 0 bridgehead atoms. The van der Waals surface area contributed by atoms with Crippen LogP contribution in [0.3, 0.4) is 0 Å². The van der Waals surface area contributed by atoms with Crippen molar-refractivity contribution in [3.63, 3.8) is 0 Å². The van der Waals surface area contributed by atoms with Gasteiger partial charge >= 0.3 is 0 Å². The van der Waals surface area contributed by atoms with Gasteiger partial charge < -0.3 is 9.72 Å². The zero-order chi connectivity index (χ0) is 12.1. The van der Waals surface area contributed by atoms with Crippen LogP contribution < -0.4 is 0 Å². The van der Waals surface area contributed by atoms with Gasteiger partial charge in [-0.1, -0.05) is 26.1 Å². The molecule has 0 spiro atoms. The summed E-state index contributed by atoms with van der Waals surface area (Å²) in [5.41, 5.74) is 1.13. The van der Waals surface area contributed by atoms with E-state index in [1.165, 1.54) is 0 Å². The molecule has 1 N–H and O–H groups in total. The standard InChI is InChI=1S/C11H17BrN2OS/c1-7(2)6-8-10(12)11(16)14-9(13-8)4-5-15-3/h7H,4-6H2,1-3H3,(H,13,14,16). The molecule has 0 aromatic carbocycles. The van der Waals surface area contributed by atoms with Crippen LogP contribution in [0.1, 0.15) is 25.4 Å². The van der Waals surface area contributed by atoms with Crippen LogP contribution in [-0.2, 0) is 17.6 Å². The smallest absolute Gasteiger partial charge is 0.144 e. The largest absolute Gasteiger partial charge is 0.384 e. The molecule has 0 radical (unpaired) electrons. The number of hydrogen-bond acceptors (Lipinski definition) is 3. The van der Waals surface area contributed by atoms with Crippen LogP contribution >= 0.6 is 28.1 Å². The normalized spacial score (nSPS) is 11.1. The second kappa shape index (κ2) is 6.47. The Kier molecular flexibility index (Phi) is 5.58. The number of aromatic nitrogens is 2. The van der Waals surface area contributed by atoms with E-state index in [2.05, 4.69) is 39.7 Å². The van der Waals surface area contributed by atoms with Gasteiger partial charge in [-0.05, 0) is 28.3 Å². The summed E-state index contributed by atoms with van der Waals surface area (Å²) in [6.07, 6.45) is 1.73. The minimum absolute atomic E-state index is 0.583. The summed E-state index contributed by atoms with van der Waals surface area (Å²) in [4.78, 5) is 7.63. The van der Waals surface area contributed by atoms with Crippen LogP contribution in [0.5, 0.6) is 0 Å². The lowest BCUT2D eigenvalue weighted by Gasteiger charge is -2.10. The Hall–Kier alpha value is -0.260. The Morgan fingerprint density at radius 1 is 1.50 bits per heavy atom. The van der Waals surface area contributed by atoms with Crippen molar-refractivity contribution in [1.82, 2.24) is 9.97 Å². The molecule has 0 saturated heterocycles. The Balaban J connectivity index is 2.97. The molecule has 1 aromatic heterocycles. The predicted molar refractivity (Wildman–Crippen MR) is 71.2 cm³/mol. The van der Waals surface area contributed by atoms with Gasteiger partial charge in [0.25, 0.3) is 0 Å². The molecule has 0 aliphatic heterocycles. The number of methoxy groups -OCH3 is 1. The highest BCUT2D eigenvalue weighted by atomic mass is 79.9. The third-order valence-corrected chi connectivity index (χ3v) is 3.55. The number of rotatable bonds is 5. The van der Waals surface area contributed by atoms with E-state index >= 15 is 0 Å². The molecule has 0 fully saturated rings. The molecule has 16 heavy (non-hydrogen) atoms. The van der Waals surface area contributed by atoms with E-state index in [0.717, 1.165) is 28.8 Å². The molecule has 1 rings (SSSR count). The molecule has 0 aliphatic carbocycles. The van der Waals surface area contributed by atoms with Gasteiger partial charge in [0.2, 0.25) is 0 Å². The first kappa shape index (κ1) is 13.8. The SMILES string of the molecule is COCCc1nc(=S)c(Br)c(CC(C)C)[nH]1. The summed E-state index contributed by atoms with van der Waals surface area (Å²) in [5, 5.41) is 0. The monoisotopic (exact) mass is 304 g/mol. The van der Waals surface area contributed by atoms with Crippen molar-refractivity contribution in [2.45, 2.75) is 26.7 Å². The van der Waals surface area contributed by atoms with Crippen LogP contribution in [-0.4, -0.2) is 23.7 Å². The van der Waals surface area contributed by atoms with Gasteiger partial charge in [0, 0.05) is 19.2 Å². The molecule has 90 valence electrons. The first-order valence-electron chi connectivity index (χ1n) is 5.31. The minimum atomic E-state index is 0.583. The number of nitrogens with one attached hydrogen (secondary N) is 1. The van der Waals surface area contributed by atoms with Crippen LogP contribution in [0, 0.1) is 10.6 Å². The summed E-state index contributed by atoms with van der Waals surface area (Å²) < 4.78 is 6.57. The van der Waals surface area contributed by atoms with Gasteiger partial charge in [0.15, 0.2) is 0 Å². The maximum Gasteiger partial charge on any atom is 0.144 e. The Bertz CT molecular complexity index is 403. The third-order valence-electron chi connectivity index (χ3n) is 2.14. The molecule has 0 amide bonds. The van der Waals surface area contributed by atoms with Crippen molar-refractivity contribution < 1.29 is 4.74 Å². The number of ether oxygens (including phenoxy) is 1. The summed E-state index contributed by atoms with van der Waals surface area (Å²) in [6, 6.07) is 0. The van der Waals surface area contributed by atoms with Crippen molar-refractivity contribution in [3.05, 3.63) is 20.6 Å². The number of nitrogens with zero attached hydrogens (tertiary/aromatic N) is 1. The highest BCUT2D eigenvalue weighted by Crippen LogP contribution is 2.19. The number of hydrogen-bond donors (Lipinski definition) is 1. The summed E-state index contributed by atoms with van der Waals surface area (Å²) in [5.74, 6) is 1.48. The molecule has 0 unspecified atom stereocenters. The lowest BCUT2D eigenvalue weighted by atomic mass is 10.1. The molecule has 0 aliphatic rings. The summed E-state index contributed by atoms with van der Waals surface area (Å²) in [6.45, 7) is 5.01. The maximum absolute atomic E-state index is 5.21. The average molecular weight is 305 g/mol. The topological polar surface area (TPSA) is 37.9 Å². The molecule has 3 nitrogen and oxygen atoms in total. The molecule has 5 heteroatoms. The van der Waals surface area contributed by atoms with E-state index in [0.29, 0.717) is 17.2 Å². The lowest BCUT2D eigenvalue weighted by Crippen LogP contribution is -2.07. The van der Waals surface area contributed by atoms with E-state index in [1.54, 1.807) is 7.11 Å². The Morgan fingerprint density at radius 2 is 2.19 bits per heavy atom. The van der Waals surface area contributed by atoms with Crippen LogP contribution in [0.15, 0.2) is 4.47 Å². The second-order valence-corrected chi connectivity index (χ2v) is 5.30. The zero-order valence-corrected chi connectivity index (χ0v) is 12.2. The first-order valence-corrected chi connectivity index (χ1v) is 6.51. The second-order valence-electron chi connectivity index (χ2n) is 4.12. The van der Waals surface area contributed by atoms with Crippen LogP contribution in [0.25, 0.3) is 0 Å². The molecule has 1 heterocycles. The lowest BCUT2D eigenvalue weighted by molar-refractivity contribution is 0.200. The highest BCUT2D eigenvalue weighted by Gasteiger charge is 2.08. The van der Waals surface area contributed by atoms with Crippen molar-refractivity contribution in [1.29, 1.82) is 0 Å². The molecular weight excluding hydrogens is 288 g/mol. The van der Waals surface area contributed by atoms with Crippen LogP contribution in [0.4, 0.5) is 0 Å². The quantitative estimate of drug-likeness (QED) is 0.848. The van der Waals surface area contributed by atoms with Crippen molar-refractivity contribution in [3.8, 4) is 0 Å². The van der Waals surface area contributed by atoms with Gasteiger partial charge in [0.1, 0.15) is 10.5 Å². The van der Waals surface area contributed by atoms with Gasteiger partial charge in [-0.25, -0.2) is 4.98 Å². The minimum Gasteiger partial charge on any atom is -0.384 e. The molecule has 1 aromatic rings. The fourth-order valence-corrected chi connectivity index (χ4v) is 2.01. The zero-order valence-electron chi connectivity index (χ0n) is 9.84. The van der Waals surface area contributed by atoms with Crippen molar-refractivity contribution in [2.24, 2.45) is 5.92 Å². The van der Waals surface area contributed by atoms with Crippen LogP contribution in [0.2, 0.25) is 0 Å². The Labute approximate surface area is 110 Å². The first-order chi connectivity index (χ1) is 7.54. The third kappa shape index (κ3) is 3.96. The van der Waals surface area contributed by atoms with E-state index in [-0.39, 0.29) is 0 Å².